The molecule has 7 rings (SSSR count). The zero-order valence-electron chi connectivity index (χ0n) is 28.3. The van der Waals surface area contributed by atoms with Crippen molar-refractivity contribution in [3.63, 3.8) is 0 Å². The maximum absolute atomic E-state index is 13.9. The summed E-state index contributed by atoms with van der Waals surface area (Å²) in [6.07, 6.45) is 11.4. The van der Waals surface area contributed by atoms with Crippen LogP contribution in [0.1, 0.15) is 80.3 Å². The van der Waals surface area contributed by atoms with E-state index in [-0.39, 0.29) is 22.5 Å². The van der Waals surface area contributed by atoms with Gasteiger partial charge in [0.05, 0.1) is 40.3 Å². The third-order valence-electron chi connectivity index (χ3n) is 12.1. The van der Waals surface area contributed by atoms with Crippen molar-refractivity contribution in [2.45, 2.75) is 88.0 Å². The molecule has 0 radical (unpaired) electrons. The lowest BCUT2D eigenvalue weighted by Gasteiger charge is -2.51. The van der Waals surface area contributed by atoms with E-state index in [1.807, 2.05) is 43.1 Å². The Morgan fingerprint density at radius 1 is 1.15 bits per heavy atom. The molecule has 2 bridgehead atoms. The number of benzene rings is 2. The van der Waals surface area contributed by atoms with Crippen molar-refractivity contribution in [1.29, 1.82) is 0 Å². The van der Waals surface area contributed by atoms with Gasteiger partial charge in [0.1, 0.15) is 5.75 Å². The first-order valence-corrected chi connectivity index (χ1v) is 19.6. The minimum absolute atomic E-state index is 0.0849. The van der Waals surface area contributed by atoms with E-state index >= 15 is 0 Å². The van der Waals surface area contributed by atoms with Crippen molar-refractivity contribution in [1.82, 2.24) is 19.7 Å². The minimum Gasteiger partial charge on any atom is -0.490 e. The highest BCUT2D eigenvalue weighted by Crippen LogP contribution is 2.50. The zero-order chi connectivity index (χ0) is 33.7. The number of methoxy groups -OCH3 is 1. The molecule has 7 atom stereocenters. The van der Waals surface area contributed by atoms with E-state index in [0.29, 0.717) is 30.6 Å². The van der Waals surface area contributed by atoms with Gasteiger partial charge in [-0.25, -0.2) is 8.89 Å². The number of nitrogens with zero attached hydrogens (tertiary/aromatic N) is 4. The van der Waals surface area contributed by atoms with Gasteiger partial charge >= 0.3 is 0 Å². The molecule has 2 aromatic carbocycles. The van der Waals surface area contributed by atoms with E-state index < -0.39 is 15.3 Å². The van der Waals surface area contributed by atoms with Gasteiger partial charge in [0.15, 0.2) is 0 Å². The van der Waals surface area contributed by atoms with E-state index in [2.05, 4.69) is 44.9 Å². The number of aromatic nitrogens is 3. The molecule has 9 nitrogen and oxygen atoms in total. The molecule has 11 heteroatoms. The van der Waals surface area contributed by atoms with E-state index in [4.69, 9.17) is 21.1 Å². The van der Waals surface area contributed by atoms with Crippen LogP contribution in [0, 0.1) is 17.8 Å². The maximum atomic E-state index is 13.9. The van der Waals surface area contributed by atoms with E-state index in [1.165, 1.54) is 11.1 Å². The van der Waals surface area contributed by atoms with Gasteiger partial charge in [0, 0.05) is 47.6 Å². The molecule has 1 amide bonds. The smallest absolute Gasteiger partial charge is 0.262 e. The fraction of sp³-hybridized carbons (Fsp3) is 0.568. The van der Waals surface area contributed by atoms with E-state index in [0.717, 1.165) is 80.9 Å². The first-order chi connectivity index (χ1) is 23.0. The number of anilines is 1. The Morgan fingerprint density at radius 2 is 2.00 bits per heavy atom. The predicted octanol–water partition coefficient (Wildman–Crippen LogP) is 6.09. The Morgan fingerprint density at radius 3 is 2.75 bits per heavy atom. The number of nitrogens with one attached hydrogen (secondary N) is 1. The minimum atomic E-state index is -2.93. The normalized spacial score (nSPS) is 33.8. The molecule has 1 fully saturated rings. The topological polar surface area (TPSA) is 98.6 Å². The monoisotopic (exact) mass is 693 g/mol. The highest BCUT2D eigenvalue weighted by Gasteiger charge is 2.50. The number of hydrogen-bond donors (Lipinski definition) is 1. The quantitative estimate of drug-likeness (QED) is 0.332. The van der Waals surface area contributed by atoms with E-state index in [1.54, 1.807) is 12.3 Å². The molecule has 3 heterocycles. The van der Waals surface area contributed by atoms with Crippen molar-refractivity contribution in [2.75, 3.05) is 31.7 Å². The second kappa shape index (κ2) is 13.0. The summed E-state index contributed by atoms with van der Waals surface area (Å²) in [7, 11) is -1.09. The average Bonchev–Trinajstić information content (AvgIpc) is 3.51. The van der Waals surface area contributed by atoms with Crippen LogP contribution in [-0.4, -0.2) is 68.6 Å². The second-order valence-corrected chi connectivity index (χ2v) is 17.7. The first kappa shape index (κ1) is 33.4. The van der Waals surface area contributed by atoms with Gasteiger partial charge in [-0.15, -0.1) is 5.10 Å². The Balaban J connectivity index is 1.32. The number of amides is 1. The number of carbonyl (C=O) groups excluding carboxylic acids is 1. The summed E-state index contributed by atoms with van der Waals surface area (Å²) in [5, 5.41) is 8.90. The highest BCUT2D eigenvalue weighted by molar-refractivity contribution is 7.99. The third kappa shape index (κ3) is 6.13. The van der Waals surface area contributed by atoms with Crippen molar-refractivity contribution < 1.29 is 18.5 Å². The fourth-order valence-electron chi connectivity index (χ4n) is 8.95. The van der Waals surface area contributed by atoms with Crippen molar-refractivity contribution in [2.24, 2.45) is 17.8 Å². The van der Waals surface area contributed by atoms with Crippen LogP contribution < -0.4 is 14.4 Å². The lowest BCUT2D eigenvalue weighted by molar-refractivity contribution is -0.127. The summed E-state index contributed by atoms with van der Waals surface area (Å²) in [6.45, 7) is 6.77. The van der Waals surface area contributed by atoms with Gasteiger partial charge in [-0.05, 0) is 117 Å². The van der Waals surface area contributed by atoms with Gasteiger partial charge in [0.2, 0.25) is 0 Å². The van der Waals surface area contributed by atoms with Gasteiger partial charge in [-0.3, -0.25) is 9.52 Å². The molecule has 1 N–H and O–H groups in total. The lowest BCUT2D eigenvalue weighted by Crippen LogP contribution is -2.55. The van der Waals surface area contributed by atoms with Crippen LogP contribution in [0.5, 0.6) is 5.75 Å². The summed E-state index contributed by atoms with van der Waals surface area (Å²) in [6, 6.07) is 11.9. The van der Waals surface area contributed by atoms with Crippen molar-refractivity contribution >= 4 is 38.8 Å². The highest BCUT2D eigenvalue weighted by atomic mass is 35.5. The average molecular weight is 694 g/mol. The molecule has 258 valence electrons. The maximum Gasteiger partial charge on any atom is 0.262 e. The largest absolute Gasteiger partial charge is 0.490 e. The molecule has 4 aliphatic rings. The van der Waals surface area contributed by atoms with Crippen LogP contribution in [0.4, 0.5) is 5.69 Å². The van der Waals surface area contributed by atoms with Crippen LogP contribution in [0.3, 0.4) is 0 Å². The number of hydrogen-bond acceptors (Lipinski definition) is 7. The molecular formula is C37H48ClN5O4S. The number of carbonyl (C=O) groups is 1. The summed E-state index contributed by atoms with van der Waals surface area (Å²) in [5.41, 5.74) is 3.29. The van der Waals surface area contributed by atoms with E-state index in [9.17, 15) is 9.00 Å². The molecule has 1 spiro atoms. The molecule has 2 aliphatic carbocycles. The summed E-state index contributed by atoms with van der Waals surface area (Å²) in [4.78, 5) is 16.2. The second-order valence-electron chi connectivity index (χ2n) is 14.8. The molecule has 2 aliphatic heterocycles. The molecule has 1 aromatic heterocycles. The fourth-order valence-corrected chi connectivity index (χ4v) is 10.7. The molecule has 1 saturated carbocycles. The summed E-state index contributed by atoms with van der Waals surface area (Å²) >= 11 is 6.48. The van der Waals surface area contributed by atoms with Gasteiger partial charge in [-0.2, -0.15) is 0 Å². The number of fused-ring (bicyclic) bond motifs is 4. The van der Waals surface area contributed by atoms with Crippen molar-refractivity contribution in [3.05, 3.63) is 70.5 Å². The number of rotatable bonds is 3. The van der Waals surface area contributed by atoms with Gasteiger partial charge in [0.25, 0.3) is 5.91 Å². The summed E-state index contributed by atoms with van der Waals surface area (Å²) < 4.78 is 31.9. The standard InChI is InChI=1S/C37H48ClN5O4S/c1-25-7-5-16-37(46-3,23-43-18-17-39-41-43)32-12-9-29(32)21-42-22-36(15-6-8-27-19-30(38)11-13-31(27)36)24-47-34-14-10-28(20-33(34)42)35(44)40-48(4,45)26(25)2/h10-11,13-14,17-20,25-26,29,32H,4-9,12,15-16,21-24H2,1-3H3,(H,40,44,45)/t25-,26+,29-,32+,36-,37-,48?/m0/s1. The molecule has 48 heavy (non-hydrogen) atoms. The molecule has 0 saturated heterocycles. The Labute approximate surface area is 289 Å². The molecular weight excluding hydrogens is 646 g/mol. The molecule has 1 unspecified atom stereocenters. The Hall–Kier alpha value is -3.08. The molecule has 3 aromatic rings. The van der Waals surface area contributed by atoms with Crippen LogP contribution in [0.15, 0.2) is 48.8 Å². The summed E-state index contributed by atoms with van der Waals surface area (Å²) in [5.74, 6) is 5.20. The lowest BCUT2D eigenvalue weighted by atomic mass is 9.62. The number of aryl methyl sites for hydroxylation is 1. The van der Waals surface area contributed by atoms with Crippen LogP contribution >= 0.6 is 11.6 Å². The SMILES string of the molecule is C=S1(=O)NC(=O)c2ccc3c(c2)N(C[C@@H]2CC[C@H]2[C@](Cn2ccnn2)(OC)CCC[C@H](C)[C@H]1C)C[C@@]1(CCCc2cc(Cl)ccc21)CO3. The van der Waals surface area contributed by atoms with Gasteiger partial charge < -0.3 is 14.4 Å². The van der Waals surface area contributed by atoms with Crippen LogP contribution in [0.25, 0.3) is 0 Å². The predicted molar refractivity (Wildman–Crippen MR) is 191 cm³/mol. The van der Waals surface area contributed by atoms with Crippen molar-refractivity contribution in [3.8, 4) is 5.75 Å². The van der Waals surface area contributed by atoms with Crippen LogP contribution in [0.2, 0.25) is 5.02 Å². The Kier molecular flexibility index (Phi) is 9.04. The first-order valence-electron chi connectivity index (χ1n) is 17.4. The number of halogens is 1. The Bertz CT molecular complexity index is 1770. The van der Waals surface area contributed by atoms with Gasteiger partial charge in [-0.1, -0.05) is 36.2 Å². The zero-order valence-corrected chi connectivity index (χ0v) is 29.9. The van der Waals surface area contributed by atoms with Crippen LogP contribution in [-0.2, 0) is 32.8 Å². The third-order valence-corrected chi connectivity index (χ3v) is 14.5. The number of ether oxygens (including phenoxy) is 2.